The van der Waals surface area contributed by atoms with Crippen molar-refractivity contribution in [3.05, 3.63) is 95.6 Å². The lowest BCUT2D eigenvalue weighted by Gasteiger charge is -2.17. The lowest BCUT2D eigenvalue weighted by atomic mass is 10.1. The number of para-hydroxylation sites is 1. The molecule has 188 valence electrons. The molecule has 1 atom stereocenters. The second-order valence-electron chi connectivity index (χ2n) is 8.49. The lowest BCUT2D eigenvalue weighted by Crippen LogP contribution is -2.35. The van der Waals surface area contributed by atoms with Gasteiger partial charge in [-0.25, -0.2) is 0 Å². The summed E-state index contributed by atoms with van der Waals surface area (Å²) in [4.78, 5) is 25.6. The summed E-state index contributed by atoms with van der Waals surface area (Å²) < 4.78 is 5.73. The number of unbranched alkanes of at least 4 members (excludes halogenated alkanes) is 3. The molecule has 0 spiro atoms. The Kier molecular flexibility index (Phi) is 10.5. The molecule has 3 rings (SSSR count). The highest BCUT2D eigenvalue weighted by Crippen LogP contribution is 2.18. The Morgan fingerprint density at radius 3 is 2.28 bits per heavy atom. The fourth-order valence-electron chi connectivity index (χ4n) is 3.64. The molecule has 0 fully saturated rings. The average Bonchev–Trinajstić information content (AvgIpc) is 2.89. The molecule has 0 aromatic heterocycles. The van der Waals surface area contributed by atoms with Crippen molar-refractivity contribution in [3.63, 3.8) is 0 Å². The van der Waals surface area contributed by atoms with Gasteiger partial charge >= 0.3 is 0 Å². The van der Waals surface area contributed by atoms with Gasteiger partial charge in [0.1, 0.15) is 5.75 Å². The van der Waals surface area contributed by atoms with Crippen molar-refractivity contribution in [1.82, 2.24) is 10.6 Å². The van der Waals surface area contributed by atoms with Gasteiger partial charge in [-0.05, 0) is 67.5 Å². The summed E-state index contributed by atoms with van der Waals surface area (Å²) in [5, 5.41) is 8.75. The van der Waals surface area contributed by atoms with Crippen LogP contribution in [0.15, 0.2) is 78.9 Å². The van der Waals surface area contributed by atoms with Gasteiger partial charge in [-0.3, -0.25) is 14.9 Å². The molecule has 6 nitrogen and oxygen atoms in total. The maximum absolute atomic E-state index is 12.9. The van der Waals surface area contributed by atoms with Gasteiger partial charge in [0, 0.05) is 5.56 Å². The molecule has 0 saturated heterocycles. The summed E-state index contributed by atoms with van der Waals surface area (Å²) in [7, 11) is 0. The van der Waals surface area contributed by atoms with Crippen LogP contribution < -0.4 is 20.7 Å². The van der Waals surface area contributed by atoms with Crippen molar-refractivity contribution in [2.75, 3.05) is 11.9 Å². The molecule has 3 N–H and O–H groups in total. The minimum atomic E-state index is -0.346. The van der Waals surface area contributed by atoms with Crippen LogP contribution in [0.2, 0.25) is 0 Å². The van der Waals surface area contributed by atoms with E-state index in [0.717, 1.165) is 24.2 Å². The number of nitrogens with one attached hydrogen (secondary N) is 3. The first-order valence-corrected chi connectivity index (χ1v) is 12.7. The van der Waals surface area contributed by atoms with E-state index in [4.69, 9.17) is 17.0 Å². The number of anilines is 1. The van der Waals surface area contributed by atoms with E-state index >= 15 is 0 Å². The molecule has 0 radical (unpaired) electrons. The zero-order valence-corrected chi connectivity index (χ0v) is 21.6. The second-order valence-corrected chi connectivity index (χ2v) is 8.90. The van der Waals surface area contributed by atoms with Crippen LogP contribution in [0.1, 0.15) is 71.9 Å². The molecule has 3 aromatic carbocycles. The first-order chi connectivity index (χ1) is 17.5. The molecule has 0 heterocycles. The van der Waals surface area contributed by atoms with Gasteiger partial charge in [0.05, 0.1) is 23.9 Å². The minimum absolute atomic E-state index is 0.104. The number of ether oxygens (including phenoxy) is 1. The zero-order chi connectivity index (χ0) is 25.8. The number of rotatable bonds is 11. The summed E-state index contributed by atoms with van der Waals surface area (Å²) in [6.45, 7) is 4.77. The normalized spacial score (nSPS) is 11.3. The van der Waals surface area contributed by atoms with Gasteiger partial charge in [0.25, 0.3) is 11.8 Å². The third-order valence-electron chi connectivity index (χ3n) is 5.68. The van der Waals surface area contributed by atoms with Crippen molar-refractivity contribution in [3.8, 4) is 5.75 Å². The second kappa shape index (κ2) is 14.0. The molecule has 0 aliphatic heterocycles. The average molecular weight is 504 g/mol. The topological polar surface area (TPSA) is 79.5 Å². The van der Waals surface area contributed by atoms with E-state index in [-0.39, 0.29) is 23.0 Å². The minimum Gasteiger partial charge on any atom is -0.494 e. The predicted molar refractivity (Wildman–Crippen MR) is 149 cm³/mol. The van der Waals surface area contributed by atoms with Crippen molar-refractivity contribution < 1.29 is 14.3 Å². The Morgan fingerprint density at radius 2 is 1.56 bits per heavy atom. The quantitative estimate of drug-likeness (QED) is 0.212. The molecule has 3 aromatic rings. The van der Waals surface area contributed by atoms with Gasteiger partial charge in [-0.15, -0.1) is 0 Å². The molecule has 0 saturated carbocycles. The van der Waals surface area contributed by atoms with Crippen LogP contribution in [0.5, 0.6) is 5.75 Å². The number of thiocarbonyl (C=S) groups is 1. The first-order valence-electron chi connectivity index (χ1n) is 12.3. The SMILES string of the molecule is CCCCCCOc1ccc(C(=O)NC(=S)Nc2ccccc2C(=O)NC(C)c2ccccc2)cc1. The van der Waals surface area contributed by atoms with Gasteiger partial charge in [0.15, 0.2) is 5.11 Å². The largest absolute Gasteiger partial charge is 0.494 e. The third-order valence-corrected chi connectivity index (χ3v) is 5.88. The molecule has 7 heteroatoms. The predicted octanol–water partition coefficient (Wildman–Crippen LogP) is 6.26. The Bertz CT molecular complexity index is 1150. The van der Waals surface area contributed by atoms with Crippen LogP contribution >= 0.6 is 12.2 Å². The van der Waals surface area contributed by atoms with Crippen molar-refractivity contribution in [2.24, 2.45) is 0 Å². The van der Waals surface area contributed by atoms with E-state index in [1.807, 2.05) is 37.3 Å². The van der Waals surface area contributed by atoms with Crippen LogP contribution in [0.3, 0.4) is 0 Å². The number of carbonyl (C=O) groups excluding carboxylic acids is 2. The highest BCUT2D eigenvalue weighted by Gasteiger charge is 2.16. The van der Waals surface area contributed by atoms with Crippen molar-refractivity contribution in [1.29, 1.82) is 0 Å². The highest BCUT2D eigenvalue weighted by molar-refractivity contribution is 7.80. The zero-order valence-electron chi connectivity index (χ0n) is 20.8. The number of carbonyl (C=O) groups is 2. The van der Waals surface area contributed by atoms with E-state index < -0.39 is 0 Å². The summed E-state index contributed by atoms with van der Waals surface area (Å²) in [6.07, 6.45) is 4.56. The fraction of sp³-hybridized carbons (Fsp3) is 0.276. The smallest absolute Gasteiger partial charge is 0.257 e. The Balaban J connectivity index is 1.54. The third kappa shape index (κ3) is 8.20. The first kappa shape index (κ1) is 26.9. The summed E-state index contributed by atoms with van der Waals surface area (Å²) >= 11 is 5.34. The van der Waals surface area contributed by atoms with Gasteiger partial charge in [0.2, 0.25) is 0 Å². The molecule has 36 heavy (non-hydrogen) atoms. The molecular weight excluding hydrogens is 470 g/mol. The van der Waals surface area contributed by atoms with Crippen LogP contribution in [0.25, 0.3) is 0 Å². The molecule has 1 unspecified atom stereocenters. The van der Waals surface area contributed by atoms with Crippen molar-refractivity contribution in [2.45, 2.75) is 45.6 Å². The van der Waals surface area contributed by atoms with Crippen LogP contribution in [0.4, 0.5) is 5.69 Å². The van der Waals surface area contributed by atoms with E-state index in [1.165, 1.54) is 12.8 Å². The molecular formula is C29H33N3O3S. The van der Waals surface area contributed by atoms with E-state index in [2.05, 4.69) is 22.9 Å². The summed E-state index contributed by atoms with van der Waals surface area (Å²) in [5.74, 6) is 0.143. The Labute approximate surface area is 218 Å². The molecule has 0 bridgehead atoms. The summed E-state index contributed by atoms with van der Waals surface area (Å²) in [5.41, 5.74) is 2.40. The van der Waals surface area contributed by atoms with Gasteiger partial charge in [-0.2, -0.15) is 0 Å². The van der Waals surface area contributed by atoms with E-state index in [0.29, 0.717) is 23.4 Å². The molecule has 0 aliphatic rings. The Morgan fingerprint density at radius 1 is 0.861 bits per heavy atom. The standard InChI is InChI=1S/C29H33N3O3S/c1-3-4-5-11-20-35-24-18-16-23(17-19-24)27(33)32-29(36)31-26-15-10-9-14-25(26)28(34)30-21(2)22-12-7-6-8-13-22/h6-10,12-19,21H,3-5,11,20H2,1-2H3,(H,30,34)(H2,31,32,33,36). The van der Waals surface area contributed by atoms with Crippen molar-refractivity contribution >= 4 is 34.8 Å². The van der Waals surface area contributed by atoms with Crippen LogP contribution in [-0.2, 0) is 0 Å². The number of hydrogen-bond acceptors (Lipinski definition) is 4. The number of hydrogen-bond donors (Lipinski definition) is 3. The van der Waals surface area contributed by atoms with E-state index in [9.17, 15) is 9.59 Å². The fourth-order valence-corrected chi connectivity index (χ4v) is 3.84. The van der Waals surface area contributed by atoms with Gasteiger partial charge in [-0.1, -0.05) is 68.7 Å². The molecule has 2 amide bonds. The molecule has 0 aliphatic carbocycles. The maximum atomic E-state index is 12.9. The van der Waals surface area contributed by atoms with Gasteiger partial charge < -0.3 is 15.4 Å². The number of amides is 2. The van der Waals surface area contributed by atoms with Crippen LogP contribution in [-0.4, -0.2) is 23.5 Å². The summed E-state index contributed by atoms with van der Waals surface area (Å²) in [6, 6.07) is 23.5. The van der Waals surface area contributed by atoms with E-state index in [1.54, 1.807) is 48.5 Å². The monoisotopic (exact) mass is 503 g/mol. The maximum Gasteiger partial charge on any atom is 0.257 e. The highest BCUT2D eigenvalue weighted by atomic mass is 32.1. The van der Waals surface area contributed by atoms with Crippen LogP contribution in [0, 0.1) is 0 Å². The number of benzene rings is 3. The Hall–Kier alpha value is -3.71. The lowest BCUT2D eigenvalue weighted by molar-refractivity contribution is 0.0939.